The van der Waals surface area contributed by atoms with Crippen molar-refractivity contribution in [3.05, 3.63) is 68.8 Å². The Morgan fingerprint density at radius 3 is 2.12 bits per heavy atom. The number of rotatable bonds is 11. The number of fused-ring (bicyclic) bond motifs is 8. The molecule has 5 heterocycles. The molecule has 1 amide bonds. The van der Waals surface area contributed by atoms with Gasteiger partial charge in [0.05, 0.1) is 41.6 Å². The third-order valence-electron chi connectivity index (χ3n) is 10.4. The topological polar surface area (TPSA) is 221 Å². The molecule has 4 atom stereocenters. The fraction of sp³-hybridized carbons (Fsp3) is 0.459. The second kappa shape index (κ2) is 15.0. The lowest BCUT2D eigenvalue weighted by molar-refractivity contribution is -0.140. The maximum Gasteiger partial charge on any atom is 0.310 e. The Kier molecular flexibility index (Phi) is 11.1. The molecule has 278 valence electrons. The molecular formula is C37H45N5O9S. The van der Waals surface area contributed by atoms with Crippen molar-refractivity contribution in [2.45, 2.75) is 90.9 Å². The summed E-state index contributed by atoms with van der Waals surface area (Å²) in [4.78, 5) is 68.8. The number of amides is 1. The standard InChI is InChI=1S/C37H45N5O9S/c1-8-22-17(2)25-16-30-33(21(6)43)19(4)27(40-30)14-26-18(3)23(9-10-31(44)45)35(41-26)24(13-32(46)51-7)36-34(37(47)38-11-12-52(48,49)50)20(5)28(42-36)15-29(22)39-25/h14-18,22-23,40,42H,8-13H2,1-7H3,(H,38,47)(H,44,45)(H,48,49,50)/t17?,18?,22-,23+/m1/s1. The summed E-state index contributed by atoms with van der Waals surface area (Å²) in [6.07, 6.45) is 0.386. The van der Waals surface area contributed by atoms with Crippen LogP contribution < -0.4 is 5.32 Å². The predicted octanol–water partition coefficient (Wildman–Crippen LogP) is 5.52. The number of nitrogens with zero attached hydrogens (tertiary/aromatic N) is 2. The van der Waals surface area contributed by atoms with Crippen LogP contribution in [0.3, 0.4) is 0 Å². The molecule has 2 aliphatic rings. The van der Waals surface area contributed by atoms with Gasteiger partial charge in [-0.1, -0.05) is 20.8 Å². The highest BCUT2D eigenvalue weighted by Crippen LogP contribution is 2.43. The van der Waals surface area contributed by atoms with Crippen molar-refractivity contribution in [2.75, 3.05) is 19.4 Å². The van der Waals surface area contributed by atoms with Gasteiger partial charge < -0.3 is 25.1 Å². The van der Waals surface area contributed by atoms with E-state index in [9.17, 15) is 37.3 Å². The average molecular weight is 736 g/mol. The highest BCUT2D eigenvalue weighted by molar-refractivity contribution is 7.85. The summed E-state index contributed by atoms with van der Waals surface area (Å²) in [5.74, 6) is -4.01. The first-order valence-electron chi connectivity index (χ1n) is 17.2. The summed E-state index contributed by atoms with van der Waals surface area (Å²) in [6, 6.07) is 5.59. The Morgan fingerprint density at radius 2 is 1.50 bits per heavy atom. The van der Waals surface area contributed by atoms with Crippen LogP contribution in [-0.4, -0.2) is 81.0 Å². The molecule has 2 unspecified atom stereocenters. The number of carboxylic acid groups (broad SMARTS) is 1. The largest absolute Gasteiger partial charge is 0.481 e. The molecule has 0 aromatic carbocycles. The first-order valence-corrected chi connectivity index (χ1v) is 18.9. The first kappa shape index (κ1) is 38.3. The Labute approximate surface area is 301 Å². The van der Waals surface area contributed by atoms with E-state index in [1.165, 1.54) is 14.0 Å². The lowest BCUT2D eigenvalue weighted by Gasteiger charge is -2.17. The molecule has 15 heteroatoms. The SMILES string of the molecule is CC[C@H]1c2cc3[nH]c(c(CC(=O)OC)c4nc(cc5[nH]c(cc(n2)C1C)c(C(C)=O)c5C)C(C)[C@@H]4CCC(=O)O)c(C(=O)NCCS(=O)(=O)O)c3C. The van der Waals surface area contributed by atoms with Gasteiger partial charge in [-0.25, -0.2) is 0 Å². The van der Waals surface area contributed by atoms with E-state index in [0.29, 0.717) is 44.6 Å². The van der Waals surface area contributed by atoms with Gasteiger partial charge in [-0.05, 0) is 62.9 Å². The number of carbonyl (C=O) groups excluding carboxylic acids is 3. The molecule has 8 bridgehead atoms. The van der Waals surface area contributed by atoms with Gasteiger partial charge in [0.25, 0.3) is 16.0 Å². The number of methoxy groups -OCH3 is 1. The molecule has 0 spiro atoms. The zero-order valence-electron chi connectivity index (χ0n) is 30.3. The number of aryl methyl sites for hydroxylation is 2. The highest BCUT2D eigenvalue weighted by atomic mass is 32.2. The van der Waals surface area contributed by atoms with Crippen molar-refractivity contribution in [2.24, 2.45) is 0 Å². The number of aromatic amines is 2. The van der Waals surface area contributed by atoms with Crippen molar-refractivity contribution in [3.8, 4) is 0 Å². The number of nitrogens with one attached hydrogen (secondary N) is 3. The number of H-pyrrole nitrogens is 2. The number of ketones is 1. The van der Waals surface area contributed by atoms with E-state index in [0.717, 1.165) is 23.4 Å². The fourth-order valence-electron chi connectivity index (χ4n) is 7.51. The lowest BCUT2D eigenvalue weighted by Crippen LogP contribution is -2.29. The molecule has 3 aromatic heterocycles. The number of Topliss-reactive ketones (excluding diaryl/α,β-unsaturated/α-hetero) is 1. The molecule has 0 saturated carbocycles. The van der Waals surface area contributed by atoms with Crippen LogP contribution in [0.15, 0.2) is 18.2 Å². The van der Waals surface area contributed by atoms with E-state index in [1.54, 1.807) is 6.92 Å². The molecule has 0 saturated heterocycles. The zero-order valence-corrected chi connectivity index (χ0v) is 31.2. The van der Waals surface area contributed by atoms with Crippen LogP contribution in [0.5, 0.6) is 0 Å². The summed E-state index contributed by atoms with van der Waals surface area (Å²) >= 11 is 0. The normalized spacial score (nSPS) is 18.6. The van der Waals surface area contributed by atoms with Gasteiger partial charge in [-0.15, -0.1) is 0 Å². The van der Waals surface area contributed by atoms with E-state index in [4.69, 9.17) is 14.7 Å². The number of carboxylic acids is 1. The monoisotopic (exact) mass is 735 g/mol. The van der Waals surface area contributed by atoms with Gasteiger partial charge in [0.1, 0.15) is 0 Å². The minimum atomic E-state index is -4.37. The van der Waals surface area contributed by atoms with Crippen LogP contribution in [0.4, 0.5) is 0 Å². The Hall–Kier alpha value is -4.89. The summed E-state index contributed by atoms with van der Waals surface area (Å²) < 4.78 is 37.3. The molecule has 3 aromatic rings. The fourth-order valence-corrected chi connectivity index (χ4v) is 7.87. The van der Waals surface area contributed by atoms with Crippen molar-refractivity contribution in [1.82, 2.24) is 25.3 Å². The van der Waals surface area contributed by atoms with Crippen LogP contribution in [0.25, 0.3) is 22.1 Å². The number of carbonyl (C=O) groups is 4. The predicted molar refractivity (Wildman–Crippen MR) is 194 cm³/mol. The smallest absolute Gasteiger partial charge is 0.310 e. The third kappa shape index (κ3) is 7.65. The van der Waals surface area contributed by atoms with Crippen LogP contribution in [0.1, 0.15) is 131 Å². The minimum absolute atomic E-state index is 0.0151. The molecule has 5 N–H and O–H groups in total. The van der Waals surface area contributed by atoms with Gasteiger partial charge in [-0.2, -0.15) is 8.42 Å². The molecule has 2 aliphatic heterocycles. The Bertz CT molecular complexity index is 2240. The number of aliphatic carboxylic acids is 1. The minimum Gasteiger partial charge on any atom is -0.481 e. The van der Waals surface area contributed by atoms with Gasteiger partial charge in [0.15, 0.2) is 5.78 Å². The molecule has 5 rings (SSSR count). The third-order valence-corrected chi connectivity index (χ3v) is 11.1. The van der Waals surface area contributed by atoms with Crippen molar-refractivity contribution < 1.29 is 42.0 Å². The lowest BCUT2D eigenvalue weighted by atomic mass is 9.85. The van der Waals surface area contributed by atoms with Crippen LogP contribution in [0.2, 0.25) is 0 Å². The first-order chi connectivity index (χ1) is 24.4. The van der Waals surface area contributed by atoms with E-state index in [2.05, 4.69) is 29.1 Å². The van der Waals surface area contributed by atoms with Crippen LogP contribution in [-0.2, 0) is 30.9 Å². The van der Waals surface area contributed by atoms with Gasteiger partial charge in [0.2, 0.25) is 0 Å². The average Bonchev–Trinajstić information content (AvgIpc) is 3.74. The maximum absolute atomic E-state index is 13.9. The summed E-state index contributed by atoms with van der Waals surface area (Å²) in [7, 11) is -3.14. The summed E-state index contributed by atoms with van der Waals surface area (Å²) in [6.45, 7) is 10.7. The maximum atomic E-state index is 13.9. The van der Waals surface area contributed by atoms with Crippen LogP contribution in [0, 0.1) is 13.8 Å². The highest BCUT2D eigenvalue weighted by Gasteiger charge is 2.34. The molecular weight excluding hydrogens is 691 g/mol. The van der Waals surface area contributed by atoms with Gasteiger partial charge in [-0.3, -0.25) is 33.7 Å². The molecule has 52 heavy (non-hydrogen) atoms. The zero-order chi connectivity index (χ0) is 38.2. The van der Waals surface area contributed by atoms with Gasteiger partial charge in [0, 0.05) is 75.9 Å². The summed E-state index contributed by atoms with van der Waals surface area (Å²) in [5.41, 5.74) is 6.67. The molecule has 0 radical (unpaired) electrons. The summed E-state index contributed by atoms with van der Waals surface area (Å²) in [5, 5.41) is 12.3. The number of aromatic nitrogens is 4. The second-order valence-corrected chi connectivity index (χ2v) is 15.2. The number of esters is 1. The van der Waals surface area contributed by atoms with E-state index in [-0.39, 0.29) is 60.4 Å². The Balaban J connectivity index is 1.99. The number of ether oxygens (including phenoxy) is 1. The van der Waals surface area contributed by atoms with E-state index in [1.807, 2.05) is 32.0 Å². The second-order valence-electron chi connectivity index (χ2n) is 13.6. The number of hydrogen-bond acceptors (Lipinski definition) is 9. The van der Waals surface area contributed by atoms with E-state index < -0.39 is 39.6 Å². The molecule has 0 fully saturated rings. The van der Waals surface area contributed by atoms with Crippen molar-refractivity contribution in [3.63, 3.8) is 0 Å². The Morgan fingerprint density at radius 1 is 0.904 bits per heavy atom. The molecule has 0 aliphatic carbocycles. The number of hydrogen-bond donors (Lipinski definition) is 5. The van der Waals surface area contributed by atoms with E-state index >= 15 is 0 Å². The van der Waals surface area contributed by atoms with Crippen LogP contribution >= 0.6 is 0 Å². The van der Waals surface area contributed by atoms with Crippen molar-refractivity contribution in [1.29, 1.82) is 0 Å². The van der Waals surface area contributed by atoms with Crippen molar-refractivity contribution >= 4 is 55.8 Å². The van der Waals surface area contributed by atoms with Gasteiger partial charge >= 0.3 is 11.9 Å². The quantitative estimate of drug-likeness (QED) is 0.0938. The molecule has 14 nitrogen and oxygen atoms in total.